The van der Waals surface area contributed by atoms with Crippen molar-refractivity contribution in [2.24, 2.45) is 0 Å². The minimum absolute atomic E-state index is 0.0165. The molecular formula is C14H16F3N5. The molecule has 118 valence electrons. The molecule has 3 heterocycles. The van der Waals surface area contributed by atoms with E-state index >= 15 is 0 Å². The van der Waals surface area contributed by atoms with Crippen LogP contribution in [0.3, 0.4) is 0 Å². The summed E-state index contributed by atoms with van der Waals surface area (Å²) in [5.74, 6) is 0.676. The van der Waals surface area contributed by atoms with Gasteiger partial charge in [-0.2, -0.15) is 18.3 Å². The Hall–Kier alpha value is -2.12. The fraction of sp³-hybridized carbons (Fsp3) is 0.500. The van der Waals surface area contributed by atoms with Gasteiger partial charge in [0.15, 0.2) is 5.69 Å². The van der Waals surface area contributed by atoms with Crippen molar-refractivity contribution in [1.82, 2.24) is 19.7 Å². The minimum Gasteiger partial charge on any atom is -0.341 e. The summed E-state index contributed by atoms with van der Waals surface area (Å²) in [5.41, 5.74) is 0.0611. The second-order valence-corrected chi connectivity index (χ2v) is 5.39. The summed E-state index contributed by atoms with van der Waals surface area (Å²) in [5, 5.41) is 3.66. The maximum absolute atomic E-state index is 12.6. The highest BCUT2D eigenvalue weighted by Gasteiger charge is 2.34. The van der Waals surface area contributed by atoms with Crippen molar-refractivity contribution < 1.29 is 13.2 Å². The van der Waals surface area contributed by atoms with Gasteiger partial charge in [0.25, 0.3) is 0 Å². The van der Waals surface area contributed by atoms with Crippen molar-refractivity contribution in [3.8, 4) is 0 Å². The lowest BCUT2D eigenvalue weighted by molar-refractivity contribution is -0.141. The summed E-state index contributed by atoms with van der Waals surface area (Å²) in [7, 11) is 0. The summed E-state index contributed by atoms with van der Waals surface area (Å²) in [4.78, 5) is 10.7. The van der Waals surface area contributed by atoms with Crippen LogP contribution in [0.15, 0.2) is 24.5 Å². The molecule has 22 heavy (non-hydrogen) atoms. The lowest BCUT2D eigenvalue weighted by Gasteiger charge is -2.32. The van der Waals surface area contributed by atoms with Crippen LogP contribution in [0.5, 0.6) is 0 Å². The van der Waals surface area contributed by atoms with Gasteiger partial charge in [-0.15, -0.1) is 0 Å². The smallest absolute Gasteiger partial charge is 0.341 e. The molecular weight excluding hydrogens is 295 g/mol. The molecule has 1 aliphatic heterocycles. The molecule has 0 bridgehead atoms. The van der Waals surface area contributed by atoms with Crippen LogP contribution in [-0.2, 0) is 6.18 Å². The molecule has 1 aliphatic rings. The van der Waals surface area contributed by atoms with Gasteiger partial charge in [0.1, 0.15) is 0 Å². The number of anilines is 1. The predicted octanol–water partition coefficient (Wildman–Crippen LogP) is 2.84. The molecule has 0 saturated carbocycles. The number of aromatic nitrogens is 4. The summed E-state index contributed by atoms with van der Waals surface area (Å²) in [6, 6.07) is 2.84. The molecule has 0 aromatic carbocycles. The van der Waals surface area contributed by atoms with E-state index in [9.17, 15) is 13.2 Å². The molecule has 0 spiro atoms. The fourth-order valence-corrected chi connectivity index (χ4v) is 2.61. The SMILES string of the molecule is Cc1ccnc(N2CCC(n3ccc(C(F)(F)F)n3)CC2)n1. The Bertz CT molecular complexity index is 644. The van der Waals surface area contributed by atoms with Gasteiger partial charge in [0, 0.05) is 31.2 Å². The number of rotatable bonds is 2. The molecule has 0 radical (unpaired) electrons. The van der Waals surface area contributed by atoms with Gasteiger partial charge in [-0.3, -0.25) is 4.68 Å². The number of aryl methyl sites for hydroxylation is 1. The number of piperidine rings is 1. The summed E-state index contributed by atoms with van der Waals surface area (Å²) >= 11 is 0. The second kappa shape index (κ2) is 5.58. The molecule has 1 fully saturated rings. The van der Waals surface area contributed by atoms with Crippen molar-refractivity contribution in [2.75, 3.05) is 18.0 Å². The van der Waals surface area contributed by atoms with E-state index in [1.54, 1.807) is 6.20 Å². The Morgan fingerprint density at radius 2 is 1.91 bits per heavy atom. The Kier molecular flexibility index (Phi) is 3.76. The van der Waals surface area contributed by atoms with E-state index in [-0.39, 0.29) is 6.04 Å². The maximum atomic E-state index is 12.6. The quantitative estimate of drug-likeness (QED) is 0.855. The van der Waals surface area contributed by atoms with Gasteiger partial charge >= 0.3 is 6.18 Å². The van der Waals surface area contributed by atoms with E-state index in [0.717, 1.165) is 24.6 Å². The molecule has 8 heteroatoms. The highest BCUT2D eigenvalue weighted by molar-refractivity contribution is 5.30. The van der Waals surface area contributed by atoms with Crippen molar-refractivity contribution in [3.05, 3.63) is 35.9 Å². The first-order valence-corrected chi connectivity index (χ1v) is 7.10. The lowest BCUT2D eigenvalue weighted by atomic mass is 10.1. The van der Waals surface area contributed by atoms with E-state index in [1.807, 2.05) is 13.0 Å². The molecule has 3 rings (SSSR count). The third kappa shape index (κ3) is 3.05. The number of nitrogens with zero attached hydrogens (tertiary/aromatic N) is 5. The molecule has 1 saturated heterocycles. The van der Waals surface area contributed by atoms with Crippen LogP contribution in [-0.4, -0.2) is 32.8 Å². The standard InChI is InChI=1S/C14H16F3N5/c1-10-2-6-18-13(19-10)21-7-3-11(4-8-21)22-9-5-12(20-22)14(15,16)17/h2,5-6,9,11H,3-4,7-8H2,1H3. The molecule has 5 nitrogen and oxygen atoms in total. The first-order chi connectivity index (χ1) is 10.4. The van der Waals surface area contributed by atoms with Gasteiger partial charge in [-0.05, 0) is 31.9 Å². The first-order valence-electron chi connectivity index (χ1n) is 7.10. The number of halogens is 3. The fourth-order valence-electron chi connectivity index (χ4n) is 2.61. The maximum Gasteiger partial charge on any atom is 0.435 e. The Morgan fingerprint density at radius 3 is 2.50 bits per heavy atom. The predicted molar refractivity (Wildman–Crippen MR) is 74.5 cm³/mol. The largest absolute Gasteiger partial charge is 0.435 e. The van der Waals surface area contributed by atoms with E-state index < -0.39 is 11.9 Å². The van der Waals surface area contributed by atoms with Crippen LogP contribution >= 0.6 is 0 Å². The molecule has 2 aromatic heterocycles. The average Bonchev–Trinajstić information content (AvgIpc) is 2.97. The van der Waals surface area contributed by atoms with Crippen molar-refractivity contribution in [3.63, 3.8) is 0 Å². The Labute approximate surface area is 125 Å². The third-order valence-electron chi connectivity index (χ3n) is 3.80. The second-order valence-electron chi connectivity index (χ2n) is 5.39. The zero-order valence-electron chi connectivity index (χ0n) is 12.1. The number of alkyl halides is 3. The van der Waals surface area contributed by atoms with E-state index in [0.29, 0.717) is 19.0 Å². The van der Waals surface area contributed by atoms with Gasteiger partial charge in [0.05, 0.1) is 6.04 Å². The zero-order chi connectivity index (χ0) is 15.7. The molecule has 0 atom stereocenters. The molecule has 2 aromatic rings. The number of hydrogen-bond acceptors (Lipinski definition) is 4. The van der Waals surface area contributed by atoms with Gasteiger partial charge in [0.2, 0.25) is 5.95 Å². The van der Waals surface area contributed by atoms with Gasteiger partial charge in [-0.1, -0.05) is 0 Å². The monoisotopic (exact) mass is 311 g/mol. The first kappa shape index (κ1) is 14.8. The van der Waals surface area contributed by atoms with Crippen LogP contribution in [0.1, 0.15) is 30.3 Å². The van der Waals surface area contributed by atoms with Crippen LogP contribution < -0.4 is 4.90 Å². The molecule has 0 amide bonds. The van der Waals surface area contributed by atoms with Crippen LogP contribution in [0.4, 0.5) is 19.1 Å². The highest BCUT2D eigenvalue weighted by atomic mass is 19.4. The number of hydrogen-bond donors (Lipinski definition) is 0. The zero-order valence-corrected chi connectivity index (χ0v) is 12.1. The average molecular weight is 311 g/mol. The summed E-state index contributed by atoms with van der Waals surface area (Å²) in [6.45, 7) is 3.31. The van der Waals surface area contributed by atoms with Crippen LogP contribution in [0.2, 0.25) is 0 Å². The van der Waals surface area contributed by atoms with Crippen molar-refractivity contribution in [1.29, 1.82) is 0 Å². The van der Waals surface area contributed by atoms with Crippen molar-refractivity contribution in [2.45, 2.75) is 32.0 Å². The summed E-state index contributed by atoms with van der Waals surface area (Å²) < 4.78 is 39.2. The minimum atomic E-state index is -4.39. The Morgan fingerprint density at radius 1 is 1.18 bits per heavy atom. The molecule has 0 N–H and O–H groups in total. The molecule has 0 aliphatic carbocycles. The van der Waals surface area contributed by atoms with Gasteiger partial charge < -0.3 is 4.90 Å². The lowest BCUT2D eigenvalue weighted by Crippen LogP contribution is -2.36. The highest BCUT2D eigenvalue weighted by Crippen LogP contribution is 2.30. The third-order valence-corrected chi connectivity index (χ3v) is 3.80. The molecule has 0 unspecified atom stereocenters. The van der Waals surface area contributed by atoms with Gasteiger partial charge in [-0.25, -0.2) is 9.97 Å². The summed E-state index contributed by atoms with van der Waals surface area (Å²) in [6.07, 6.45) is 0.174. The van der Waals surface area contributed by atoms with Crippen molar-refractivity contribution >= 4 is 5.95 Å². The van der Waals surface area contributed by atoms with Crippen LogP contribution in [0, 0.1) is 6.92 Å². The topological polar surface area (TPSA) is 46.8 Å². The Balaban J connectivity index is 1.65. The van der Waals surface area contributed by atoms with E-state index in [2.05, 4.69) is 20.0 Å². The normalized spacial score (nSPS) is 17.0. The van der Waals surface area contributed by atoms with Crippen LogP contribution in [0.25, 0.3) is 0 Å². The van der Waals surface area contributed by atoms with E-state index in [4.69, 9.17) is 0 Å². The van der Waals surface area contributed by atoms with E-state index in [1.165, 1.54) is 10.9 Å².